The molecule has 2 rings (SSSR count). The third-order valence-corrected chi connectivity index (χ3v) is 4.68. The maximum atomic E-state index is 12.5. The first-order chi connectivity index (χ1) is 14.8. The van der Waals surface area contributed by atoms with E-state index in [0.29, 0.717) is 13.0 Å². The number of carbonyl (C=O) groups excluding carboxylic acids is 3. The van der Waals surface area contributed by atoms with Gasteiger partial charge >= 0.3 is 12.2 Å². The Morgan fingerprint density at radius 1 is 1.26 bits per heavy atom. The zero-order valence-electron chi connectivity index (χ0n) is 18.1. The van der Waals surface area contributed by atoms with E-state index in [1.54, 1.807) is 13.8 Å². The minimum absolute atomic E-state index is 0.0160. The molecule has 1 amide bonds. The summed E-state index contributed by atoms with van der Waals surface area (Å²) in [7, 11) is 0. The van der Waals surface area contributed by atoms with Crippen LogP contribution in [-0.4, -0.2) is 58.4 Å². The van der Waals surface area contributed by atoms with Gasteiger partial charge in [-0.1, -0.05) is 18.2 Å². The number of hydrogen-bond donors (Lipinski definition) is 3. The van der Waals surface area contributed by atoms with Gasteiger partial charge in [-0.3, -0.25) is 14.4 Å². The molecule has 0 saturated carbocycles. The molecule has 9 heteroatoms. The fraction of sp³-hybridized carbons (Fsp3) is 0.455. The molecule has 166 valence electrons. The second-order valence-corrected chi connectivity index (χ2v) is 7.66. The highest BCUT2D eigenvalue weighted by Crippen LogP contribution is 2.19. The summed E-state index contributed by atoms with van der Waals surface area (Å²) >= 11 is 0. The van der Waals surface area contributed by atoms with Crippen molar-refractivity contribution in [2.75, 3.05) is 6.54 Å². The first-order valence-electron chi connectivity index (χ1n) is 10.3. The number of H-pyrrole nitrogens is 1. The van der Waals surface area contributed by atoms with Gasteiger partial charge in [0.05, 0.1) is 6.10 Å². The molecular weight excluding hydrogens is 398 g/mol. The molecule has 0 bridgehead atoms. The van der Waals surface area contributed by atoms with Gasteiger partial charge < -0.3 is 25.9 Å². The van der Waals surface area contributed by atoms with Crippen molar-refractivity contribution in [1.82, 2.24) is 15.6 Å². The first-order valence-corrected chi connectivity index (χ1v) is 10.3. The molecule has 0 radical (unpaired) electrons. The van der Waals surface area contributed by atoms with Crippen molar-refractivity contribution in [3.63, 3.8) is 0 Å². The molecule has 0 spiro atoms. The van der Waals surface area contributed by atoms with Crippen molar-refractivity contribution in [3.8, 4) is 0 Å². The SMILES string of the molecule is CC(=O)NC(CNC(CCC(=O)C=[N+]=[N-])C(=O)OC(C)C)Cc1c[nH]c2ccccc12. The minimum atomic E-state index is -0.738. The lowest BCUT2D eigenvalue weighted by atomic mass is 10.0. The predicted molar refractivity (Wildman–Crippen MR) is 117 cm³/mol. The Hall–Kier alpha value is -3.29. The van der Waals surface area contributed by atoms with E-state index >= 15 is 0 Å². The van der Waals surface area contributed by atoms with Crippen molar-refractivity contribution < 1.29 is 23.9 Å². The average molecular weight is 428 g/mol. The number of ether oxygens (including phenoxy) is 1. The highest BCUT2D eigenvalue weighted by molar-refractivity contribution is 6.25. The number of carbonyl (C=O) groups is 3. The number of nitrogens with zero attached hydrogens (tertiary/aromatic N) is 2. The van der Waals surface area contributed by atoms with Crippen molar-refractivity contribution in [3.05, 3.63) is 41.6 Å². The third kappa shape index (κ3) is 7.81. The summed E-state index contributed by atoms with van der Waals surface area (Å²) in [5, 5.41) is 7.12. The summed E-state index contributed by atoms with van der Waals surface area (Å²) in [6, 6.07) is 6.88. The quantitative estimate of drug-likeness (QED) is 0.205. The number of fused-ring (bicyclic) bond motifs is 1. The van der Waals surface area contributed by atoms with Gasteiger partial charge in [-0.25, -0.2) is 0 Å². The first kappa shape index (κ1) is 24.0. The lowest BCUT2D eigenvalue weighted by Crippen LogP contribution is -2.48. The lowest BCUT2D eigenvalue weighted by molar-refractivity contribution is -0.150. The Balaban J connectivity index is 2.10. The number of Topliss-reactive ketones (excluding diaryl/α,β-unsaturated/α-hetero) is 1. The average Bonchev–Trinajstić information content (AvgIpc) is 3.10. The van der Waals surface area contributed by atoms with E-state index in [2.05, 4.69) is 20.4 Å². The molecule has 0 fully saturated rings. The van der Waals surface area contributed by atoms with E-state index in [4.69, 9.17) is 10.3 Å². The number of hydrogen-bond acceptors (Lipinski definition) is 5. The van der Waals surface area contributed by atoms with E-state index in [0.717, 1.165) is 22.7 Å². The molecule has 2 aromatic rings. The molecular formula is C22H29N5O4. The van der Waals surface area contributed by atoms with E-state index < -0.39 is 17.8 Å². The van der Waals surface area contributed by atoms with Gasteiger partial charge in [0.2, 0.25) is 11.7 Å². The monoisotopic (exact) mass is 427 g/mol. The highest BCUT2D eigenvalue weighted by Gasteiger charge is 2.24. The Bertz CT molecular complexity index is 962. The largest absolute Gasteiger partial charge is 0.462 e. The summed E-state index contributed by atoms with van der Waals surface area (Å²) in [6.07, 6.45) is 3.17. The van der Waals surface area contributed by atoms with Gasteiger partial charge in [-0.05, 0) is 38.3 Å². The number of aromatic nitrogens is 1. The second-order valence-electron chi connectivity index (χ2n) is 7.66. The van der Waals surface area contributed by atoms with Crippen LogP contribution in [0.5, 0.6) is 0 Å². The fourth-order valence-corrected chi connectivity index (χ4v) is 3.35. The number of esters is 1. The van der Waals surface area contributed by atoms with Crippen LogP contribution in [0.4, 0.5) is 0 Å². The molecule has 9 nitrogen and oxygen atoms in total. The smallest absolute Gasteiger partial charge is 0.323 e. The number of aromatic amines is 1. The summed E-state index contributed by atoms with van der Waals surface area (Å²) in [5.41, 5.74) is 10.5. The summed E-state index contributed by atoms with van der Waals surface area (Å²) < 4.78 is 5.29. The van der Waals surface area contributed by atoms with Crippen LogP contribution in [0, 0.1) is 0 Å². The van der Waals surface area contributed by atoms with Crippen LogP contribution in [0.3, 0.4) is 0 Å². The molecule has 1 aromatic heterocycles. The molecule has 2 unspecified atom stereocenters. The van der Waals surface area contributed by atoms with Crippen molar-refractivity contribution in [2.45, 2.75) is 58.2 Å². The summed E-state index contributed by atoms with van der Waals surface area (Å²) in [4.78, 5) is 41.8. The Labute approximate surface area is 181 Å². The number of rotatable bonds is 12. The third-order valence-electron chi connectivity index (χ3n) is 4.68. The maximum Gasteiger partial charge on any atom is 0.323 e. The second kappa shape index (κ2) is 11.8. The van der Waals surface area contributed by atoms with Gasteiger partial charge in [-0.15, -0.1) is 0 Å². The lowest BCUT2D eigenvalue weighted by Gasteiger charge is -2.23. The molecule has 0 aliphatic carbocycles. The van der Waals surface area contributed by atoms with Gasteiger partial charge in [0, 0.05) is 43.0 Å². The Morgan fingerprint density at radius 3 is 2.68 bits per heavy atom. The molecule has 0 saturated heterocycles. The fourth-order valence-electron chi connectivity index (χ4n) is 3.35. The van der Waals surface area contributed by atoms with Crippen LogP contribution < -0.4 is 10.6 Å². The van der Waals surface area contributed by atoms with E-state index in [9.17, 15) is 14.4 Å². The van der Waals surface area contributed by atoms with Gasteiger partial charge in [0.15, 0.2) is 0 Å². The van der Waals surface area contributed by atoms with E-state index in [1.165, 1.54) is 6.92 Å². The standard InChI is InChI=1S/C22H29N5O4/c1-14(2)31-22(30)21(9-8-18(29)13-26-23)25-12-17(27-15(3)28)10-16-11-24-20-7-5-4-6-19(16)20/h4-7,11,13-14,17,21,24-25H,8-10,12H2,1-3H3,(H,27,28). The van der Waals surface area contributed by atoms with Crippen LogP contribution in [0.25, 0.3) is 16.4 Å². The predicted octanol–water partition coefficient (Wildman–Crippen LogP) is 1.77. The highest BCUT2D eigenvalue weighted by atomic mass is 16.5. The van der Waals surface area contributed by atoms with E-state index in [1.807, 2.05) is 30.5 Å². The number of ketones is 1. The molecule has 2 atom stereocenters. The molecule has 31 heavy (non-hydrogen) atoms. The maximum absolute atomic E-state index is 12.5. The Morgan fingerprint density at radius 2 is 2.00 bits per heavy atom. The molecule has 1 heterocycles. The zero-order chi connectivity index (χ0) is 22.8. The molecule has 0 aliphatic rings. The topological polar surface area (TPSA) is 137 Å². The summed E-state index contributed by atoms with van der Waals surface area (Å²) in [5.74, 6) is -1.05. The molecule has 0 aliphatic heterocycles. The van der Waals surface area contributed by atoms with Gasteiger partial charge in [-0.2, -0.15) is 4.79 Å². The minimum Gasteiger partial charge on any atom is -0.462 e. The molecule has 3 N–H and O–H groups in total. The van der Waals surface area contributed by atoms with Crippen LogP contribution in [0.1, 0.15) is 39.2 Å². The van der Waals surface area contributed by atoms with E-state index in [-0.39, 0.29) is 30.9 Å². The Kier molecular flexibility index (Phi) is 9.12. The van der Waals surface area contributed by atoms with Crippen molar-refractivity contribution in [1.29, 1.82) is 0 Å². The van der Waals surface area contributed by atoms with Crippen LogP contribution in [-0.2, 0) is 25.5 Å². The van der Waals surface area contributed by atoms with Gasteiger partial charge in [0.25, 0.3) is 0 Å². The zero-order valence-corrected chi connectivity index (χ0v) is 18.1. The number of nitrogens with one attached hydrogen (secondary N) is 3. The number of benzene rings is 1. The van der Waals surface area contributed by atoms with Crippen LogP contribution in [0.2, 0.25) is 0 Å². The number of amides is 1. The molecule has 1 aromatic carbocycles. The van der Waals surface area contributed by atoms with Crippen LogP contribution >= 0.6 is 0 Å². The van der Waals surface area contributed by atoms with Crippen molar-refractivity contribution >= 4 is 34.8 Å². The normalized spacial score (nSPS) is 12.8. The number of para-hydroxylation sites is 1. The summed E-state index contributed by atoms with van der Waals surface area (Å²) in [6.45, 7) is 5.24. The van der Waals surface area contributed by atoms with Crippen molar-refractivity contribution in [2.24, 2.45) is 0 Å². The van der Waals surface area contributed by atoms with Crippen LogP contribution in [0.15, 0.2) is 30.5 Å². The van der Waals surface area contributed by atoms with Gasteiger partial charge in [0.1, 0.15) is 6.04 Å².